The van der Waals surface area contributed by atoms with Crippen molar-refractivity contribution in [3.05, 3.63) is 0 Å². The molecule has 1 heterocycles. The molecule has 0 spiro atoms. The Kier molecular flexibility index (Phi) is 6.51. The molecule has 21 heavy (non-hydrogen) atoms. The molecule has 1 fully saturated rings. The zero-order valence-corrected chi connectivity index (χ0v) is 14.7. The van der Waals surface area contributed by atoms with Gasteiger partial charge in [-0.1, -0.05) is 46.2 Å². The second-order valence-electron chi connectivity index (χ2n) is 8.31. The first-order valence-corrected chi connectivity index (χ1v) is 8.37. The number of piperidine rings is 1. The Morgan fingerprint density at radius 3 is 2.19 bits per heavy atom. The van der Waals surface area contributed by atoms with E-state index in [1.54, 1.807) is 0 Å². The molecular weight excluding hydrogens is 262 g/mol. The van der Waals surface area contributed by atoms with E-state index in [-0.39, 0.29) is 5.41 Å². The lowest BCUT2D eigenvalue weighted by molar-refractivity contribution is 0.110. The van der Waals surface area contributed by atoms with Crippen LogP contribution < -0.4 is 5.73 Å². The van der Waals surface area contributed by atoms with Crippen LogP contribution in [0.1, 0.15) is 66.7 Å². The Bertz CT molecular complexity index is 336. The minimum absolute atomic E-state index is 0.200. The molecule has 0 bridgehead atoms. The standard InChI is InChI=1S/C17H35N3O/c1-16(2,3)14-8-12-20(13-9-14)11-7-6-10-17(4,5)15(18)19-21/h14,21H,6-13H2,1-5H3,(H2,18,19). The first-order valence-electron chi connectivity index (χ1n) is 8.37. The Morgan fingerprint density at radius 2 is 1.71 bits per heavy atom. The molecule has 1 saturated heterocycles. The van der Waals surface area contributed by atoms with Crippen molar-refractivity contribution in [3.8, 4) is 0 Å². The third-order valence-electron chi connectivity index (χ3n) is 5.14. The summed E-state index contributed by atoms with van der Waals surface area (Å²) in [5.41, 5.74) is 5.98. The van der Waals surface area contributed by atoms with Crippen molar-refractivity contribution >= 4 is 5.84 Å². The molecule has 1 rings (SSSR count). The van der Waals surface area contributed by atoms with Gasteiger partial charge in [-0.3, -0.25) is 0 Å². The van der Waals surface area contributed by atoms with E-state index in [0.29, 0.717) is 11.3 Å². The van der Waals surface area contributed by atoms with Gasteiger partial charge in [-0.05, 0) is 56.7 Å². The number of unbranched alkanes of at least 4 members (excludes halogenated alkanes) is 1. The highest BCUT2D eigenvalue weighted by Gasteiger charge is 2.28. The molecule has 4 heteroatoms. The van der Waals surface area contributed by atoms with Crippen molar-refractivity contribution in [2.24, 2.45) is 27.6 Å². The Balaban J connectivity index is 2.21. The highest BCUT2D eigenvalue weighted by molar-refractivity contribution is 5.85. The summed E-state index contributed by atoms with van der Waals surface area (Å²) in [6.07, 6.45) is 5.96. The van der Waals surface area contributed by atoms with Crippen molar-refractivity contribution in [1.82, 2.24) is 4.90 Å². The highest BCUT2D eigenvalue weighted by atomic mass is 16.4. The topological polar surface area (TPSA) is 61.8 Å². The van der Waals surface area contributed by atoms with Crippen molar-refractivity contribution < 1.29 is 5.21 Å². The van der Waals surface area contributed by atoms with E-state index in [4.69, 9.17) is 10.9 Å². The number of likely N-dealkylation sites (tertiary alicyclic amines) is 1. The summed E-state index contributed by atoms with van der Waals surface area (Å²) in [5.74, 6) is 1.21. The molecule has 0 unspecified atom stereocenters. The van der Waals surface area contributed by atoms with E-state index in [9.17, 15) is 0 Å². The van der Waals surface area contributed by atoms with E-state index >= 15 is 0 Å². The number of rotatable bonds is 6. The van der Waals surface area contributed by atoms with E-state index < -0.39 is 0 Å². The summed E-state index contributed by atoms with van der Waals surface area (Å²) >= 11 is 0. The number of nitrogens with two attached hydrogens (primary N) is 1. The fraction of sp³-hybridized carbons (Fsp3) is 0.941. The van der Waals surface area contributed by atoms with Crippen LogP contribution in [0, 0.1) is 16.7 Å². The Hall–Kier alpha value is -0.770. The van der Waals surface area contributed by atoms with Gasteiger partial charge in [0.1, 0.15) is 5.84 Å². The van der Waals surface area contributed by atoms with Gasteiger partial charge in [0.05, 0.1) is 0 Å². The summed E-state index contributed by atoms with van der Waals surface area (Å²) in [6.45, 7) is 14.8. The number of nitrogens with zero attached hydrogens (tertiary/aromatic N) is 2. The van der Waals surface area contributed by atoms with E-state index in [1.807, 2.05) is 13.8 Å². The Labute approximate surface area is 130 Å². The van der Waals surface area contributed by atoms with Crippen molar-refractivity contribution in [2.75, 3.05) is 19.6 Å². The fourth-order valence-electron chi connectivity index (χ4n) is 3.19. The smallest absolute Gasteiger partial charge is 0.144 e. The average Bonchev–Trinajstić information content (AvgIpc) is 2.42. The lowest BCUT2D eigenvalue weighted by atomic mass is 9.75. The maximum absolute atomic E-state index is 8.78. The largest absolute Gasteiger partial charge is 0.409 e. The molecule has 1 aliphatic rings. The summed E-state index contributed by atoms with van der Waals surface area (Å²) in [7, 11) is 0. The molecule has 3 N–H and O–H groups in total. The predicted molar refractivity (Wildman–Crippen MR) is 89.7 cm³/mol. The highest BCUT2D eigenvalue weighted by Crippen LogP contribution is 2.34. The van der Waals surface area contributed by atoms with Crippen LogP contribution in [0.5, 0.6) is 0 Å². The van der Waals surface area contributed by atoms with E-state index in [1.165, 1.54) is 38.9 Å². The minimum Gasteiger partial charge on any atom is -0.409 e. The van der Waals surface area contributed by atoms with Crippen molar-refractivity contribution in [2.45, 2.75) is 66.7 Å². The zero-order valence-electron chi connectivity index (χ0n) is 14.7. The van der Waals surface area contributed by atoms with Crippen LogP contribution in [0.4, 0.5) is 0 Å². The summed E-state index contributed by atoms with van der Waals surface area (Å²) < 4.78 is 0. The molecule has 0 amide bonds. The quantitative estimate of drug-likeness (QED) is 0.258. The van der Waals surface area contributed by atoms with Crippen molar-refractivity contribution in [1.29, 1.82) is 0 Å². The molecule has 0 atom stereocenters. The third-order valence-corrected chi connectivity index (χ3v) is 5.14. The molecule has 0 aliphatic carbocycles. The van der Waals surface area contributed by atoms with E-state index in [0.717, 1.165) is 18.8 Å². The SMILES string of the molecule is CC(C)(CCCCN1CCC(C(C)(C)C)CC1)C(N)=NO. The number of hydrogen-bond donors (Lipinski definition) is 2. The maximum Gasteiger partial charge on any atom is 0.144 e. The van der Waals surface area contributed by atoms with Gasteiger partial charge in [-0.25, -0.2) is 0 Å². The molecule has 0 radical (unpaired) electrons. The van der Waals surface area contributed by atoms with Gasteiger partial charge in [0.15, 0.2) is 0 Å². The second-order valence-corrected chi connectivity index (χ2v) is 8.31. The van der Waals surface area contributed by atoms with E-state index in [2.05, 4.69) is 30.8 Å². The molecule has 0 aromatic heterocycles. The monoisotopic (exact) mass is 297 g/mol. The number of oxime groups is 1. The molecule has 124 valence electrons. The first kappa shape index (κ1) is 18.3. The normalized spacial score (nSPS) is 20.0. The van der Waals surface area contributed by atoms with Gasteiger partial charge < -0.3 is 15.8 Å². The van der Waals surface area contributed by atoms with Gasteiger partial charge in [-0.15, -0.1) is 0 Å². The molecule has 0 saturated carbocycles. The summed E-state index contributed by atoms with van der Waals surface area (Å²) in [4.78, 5) is 2.60. The lowest BCUT2D eigenvalue weighted by Crippen LogP contribution is -2.38. The van der Waals surface area contributed by atoms with Gasteiger partial charge >= 0.3 is 0 Å². The summed E-state index contributed by atoms with van der Waals surface area (Å²) in [6, 6.07) is 0. The number of hydrogen-bond acceptors (Lipinski definition) is 3. The molecule has 4 nitrogen and oxygen atoms in total. The molecule has 0 aromatic rings. The number of amidine groups is 1. The average molecular weight is 297 g/mol. The molecule has 1 aliphatic heterocycles. The maximum atomic E-state index is 8.78. The Morgan fingerprint density at radius 1 is 1.14 bits per heavy atom. The van der Waals surface area contributed by atoms with Crippen LogP contribution in [0.2, 0.25) is 0 Å². The molecule has 0 aromatic carbocycles. The predicted octanol–water partition coefficient (Wildman–Crippen LogP) is 3.69. The van der Waals surface area contributed by atoms with Crippen LogP contribution in [0.15, 0.2) is 5.16 Å². The van der Waals surface area contributed by atoms with Crippen LogP contribution in [0.3, 0.4) is 0 Å². The van der Waals surface area contributed by atoms with Crippen LogP contribution >= 0.6 is 0 Å². The fourth-order valence-corrected chi connectivity index (χ4v) is 3.19. The molecular formula is C17H35N3O. The van der Waals surface area contributed by atoms with Crippen LogP contribution in [-0.4, -0.2) is 35.6 Å². The lowest BCUT2D eigenvalue weighted by Gasteiger charge is -2.38. The summed E-state index contributed by atoms with van der Waals surface area (Å²) in [5, 5.41) is 11.9. The van der Waals surface area contributed by atoms with Gasteiger partial charge in [0.25, 0.3) is 0 Å². The van der Waals surface area contributed by atoms with Crippen molar-refractivity contribution in [3.63, 3.8) is 0 Å². The van der Waals surface area contributed by atoms with Gasteiger partial charge in [0.2, 0.25) is 0 Å². The zero-order chi connectivity index (χ0) is 16.1. The van der Waals surface area contributed by atoms with Gasteiger partial charge in [0, 0.05) is 5.41 Å². The van der Waals surface area contributed by atoms with Crippen LogP contribution in [-0.2, 0) is 0 Å². The second kappa shape index (κ2) is 7.48. The van der Waals surface area contributed by atoms with Crippen LogP contribution in [0.25, 0.3) is 0 Å². The van der Waals surface area contributed by atoms with Gasteiger partial charge in [-0.2, -0.15) is 0 Å². The first-order chi connectivity index (χ1) is 9.66. The minimum atomic E-state index is -0.200. The third kappa shape index (κ3) is 5.85.